The lowest BCUT2D eigenvalue weighted by Crippen LogP contribution is -2.62. The molecule has 8 amide bonds. The molecule has 2 aromatic carbocycles. The number of hydrogen-bond acceptors (Lipinski definition) is 17. The third-order valence-electron chi connectivity index (χ3n) is 12.3. The van der Waals surface area contributed by atoms with Crippen molar-refractivity contribution in [3.8, 4) is 11.5 Å². The maximum absolute atomic E-state index is 14.3. The minimum atomic E-state index is -1.86. The molecule has 0 fully saturated rings. The van der Waals surface area contributed by atoms with Crippen LogP contribution in [0.15, 0.2) is 58.5 Å². The predicted octanol–water partition coefficient (Wildman–Crippen LogP) is -5.54. The summed E-state index contributed by atoms with van der Waals surface area (Å²) >= 11 is 0. The van der Waals surface area contributed by atoms with Crippen molar-refractivity contribution in [3.05, 3.63) is 59.7 Å². The molecular weight excluding hydrogens is 1060 g/mol. The highest BCUT2D eigenvalue weighted by atomic mass is 16.4. The Morgan fingerprint density at radius 1 is 0.494 bits per heavy atom. The minimum absolute atomic E-state index is 0.0107. The topological polar surface area (TPSA) is 532 Å². The highest BCUT2D eigenvalue weighted by Crippen LogP contribution is 2.15. The number of guanidine groups is 2. The van der Waals surface area contributed by atoms with E-state index in [1.165, 1.54) is 55.5 Å². The van der Waals surface area contributed by atoms with E-state index in [-0.39, 0.29) is 81.6 Å². The van der Waals surface area contributed by atoms with E-state index in [4.69, 9.17) is 34.4 Å². The molecule has 0 aliphatic rings. The summed E-state index contributed by atoms with van der Waals surface area (Å²) in [6.45, 7) is 5.24. The van der Waals surface area contributed by atoms with Crippen molar-refractivity contribution in [2.24, 2.45) is 50.3 Å². The first-order chi connectivity index (χ1) is 38.2. The van der Waals surface area contributed by atoms with Crippen LogP contribution in [0.2, 0.25) is 0 Å². The van der Waals surface area contributed by atoms with E-state index in [9.17, 15) is 68.7 Å². The number of aromatic hydroxyl groups is 2. The predicted molar refractivity (Wildman–Crippen MR) is 297 cm³/mol. The molecule has 450 valence electrons. The SMILES string of the molecule is CC(C)[C@H](NC(=O)[C@@H](N)CCCN=C(N)N)C(=O)N[C@@H](CCCN=C(N)N)C(=O)N[C@@H](C)C(=O)N[C@@H](Cc1ccc(O)cc1)C(=O)N[C@H](C(=O)N[C@@H](Cc1ccc(O)cc1)C(=O)N[C@@H](CO)C(=O)N[C@@H](CCCCN)C(=O)O)[C@@H](C)O. The molecular formula is C51H82N16O14. The van der Waals surface area contributed by atoms with E-state index in [0.29, 0.717) is 30.4 Å². The number of carbonyl (C=O) groups is 9. The van der Waals surface area contributed by atoms with Gasteiger partial charge in [-0.2, -0.15) is 0 Å². The Balaban J connectivity index is 2.42. The summed E-state index contributed by atoms with van der Waals surface area (Å²) in [5, 5.41) is 70.3. The number of nitrogens with one attached hydrogen (secondary N) is 8. The number of rotatable bonds is 36. The van der Waals surface area contributed by atoms with Gasteiger partial charge in [0.1, 0.15) is 59.8 Å². The molecule has 25 N–H and O–H groups in total. The molecule has 30 nitrogen and oxygen atoms in total. The number of aliphatic hydroxyl groups is 2. The van der Waals surface area contributed by atoms with E-state index in [2.05, 4.69) is 52.5 Å². The number of phenols is 2. The average molecular weight is 1140 g/mol. The number of carboxylic acid groups (broad SMARTS) is 1. The van der Waals surface area contributed by atoms with Crippen LogP contribution in [0.1, 0.15) is 83.8 Å². The summed E-state index contributed by atoms with van der Waals surface area (Å²) in [7, 11) is 0. The van der Waals surface area contributed by atoms with Gasteiger partial charge < -0.3 is 102 Å². The number of phenolic OH excluding ortho intramolecular Hbond substituents is 2. The zero-order chi connectivity index (χ0) is 60.9. The standard InChI is InChI=1S/C51H82N16O14/c1-26(2)39(66-42(73)33(53)9-7-21-58-50(54)55)47(78)61-34(11-8-22-59-51(56)57)43(74)60-27(3)41(72)63-37(24-30-14-18-32(71)19-15-30)45(76)67-40(28(4)69)48(79)64-36(23-29-12-16-31(70)17-13-29)44(75)65-38(25-68)46(77)62-35(49(80)81)10-5-6-20-52/h12-19,26-28,33-40,68-71H,5-11,20-25,52-53H2,1-4H3,(H,60,74)(H,61,78)(H,62,77)(H,63,72)(H,64,79)(H,65,75)(H,66,73)(H,67,76)(H,80,81)(H4,54,55,58)(H4,56,57,59)/t27-,28+,33-,34-,35-,36-,37-,38-,39-,40-/m0/s1. The highest BCUT2D eigenvalue weighted by molar-refractivity contribution is 5.98. The van der Waals surface area contributed by atoms with Gasteiger partial charge in [0.05, 0.1) is 18.8 Å². The number of unbranched alkanes of at least 4 members (excludes halogenated alkanes) is 1. The molecule has 0 saturated carbocycles. The number of benzene rings is 2. The summed E-state index contributed by atoms with van der Waals surface area (Å²) in [6, 6.07) is -2.27. The number of nitrogens with two attached hydrogens (primary N) is 6. The lowest BCUT2D eigenvalue weighted by Gasteiger charge is -2.28. The van der Waals surface area contributed by atoms with Crippen LogP contribution >= 0.6 is 0 Å². The number of aliphatic imine (C=N–C) groups is 2. The molecule has 0 bridgehead atoms. The number of aliphatic hydroxyl groups excluding tert-OH is 2. The van der Waals surface area contributed by atoms with Crippen molar-refractivity contribution in [2.75, 3.05) is 26.2 Å². The second-order valence-corrected chi connectivity index (χ2v) is 19.5. The maximum atomic E-state index is 14.3. The number of amides is 8. The summed E-state index contributed by atoms with van der Waals surface area (Å²) < 4.78 is 0. The van der Waals surface area contributed by atoms with Gasteiger partial charge in [0.15, 0.2) is 11.9 Å². The Morgan fingerprint density at radius 2 is 0.901 bits per heavy atom. The Kier molecular flexibility index (Phi) is 30.0. The number of hydrogen-bond donors (Lipinski definition) is 19. The van der Waals surface area contributed by atoms with Crippen molar-refractivity contribution in [2.45, 2.75) is 146 Å². The van der Waals surface area contributed by atoms with Gasteiger partial charge in [-0.05, 0) is 107 Å². The summed E-state index contributed by atoms with van der Waals surface area (Å²) in [6.07, 6.45) is -0.915. The summed E-state index contributed by atoms with van der Waals surface area (Å²) in [5.74, 6) is -10.1. The molecule has 0 aliphatic heterocycles. The van der Waals surface area contributed by atoms with Gasteiger partial charge in [0, 0.05) is 25.9 Å². The third kappa shape index (κ3) is 25.5. The van der Waals surface area contributed by atoms with Gasteiger partial charge in [-0.3, -0.25) is 48.3 Å². The van der Waals surface area contributed by atoms with E-state index in [1.54, 1.807) is 13.8 Å². The molecule has 10 atom stereocenters. The lowest BCUT2D eigenvalue weighted by atomic mass is 10.0. The molecule has 2 aromatic rings. The van der Waals surface area contributed by atoms with Gasteiger partial charge in [0.25, 0.3) is 0 Å². The van der Waals surface area contributed by atoms with E-state index >= 15 is 0 Å². The molecule has 0 unspecified atom stereocenters. The zero-order valence-corrected chi connectivity index (χ0v) is 45.9. The van der Waals surface area contributed by atoms with Crippen molar-refractivity contribution < 1.29 is 68.7 Å². The Bertz CT molecular complexity index is 2460. The molecule has 0 aliphatic carbocycles. The molecule has 30 heteroatoms. The van der Waals surface area contributed by atoms with E-state index in [1.807, 2.05) is 0 Å². The minimum Gasteiger partial charge on any atom is -0.508 e. The maximum Gasteiger partial charge on any atom is 0.326 e. The molecule has 0 saturated heterocycles. The van der Waals surface area contributed by atoms with Crippen LogP contribution in [0.3, 0.4) is 0 Å². The number of aliphatic carboxylic acids is 1. The fourth-order valence-corrected chi connectivity index (χ4v) is 7.72. The Labute approximate surface area is 468 Å². The molecule has 0 spiro atoms. The second kappa shape index (κ2) is 35.3. The largest absolute Gasteiger partial charge is 0.508 e. The average Bonchev–Trinajstić information content (AvgIpc) is 3.40. The number of carboxylic acids is 1. The van der Waals surface area contributed by atoms with Crippen LogP contribution in [-0.2, 0) is 56.0 Å². The van der Waals surface area contributed by atoms with Crippen molar-refractivity contribution >= 4 is 65.1 Å². The fraction of sp³-hybridized carbons (Fsp3) is 0.549. The van der Waals surface area contributed by atoms with Crippen LogP contribution in [-0.4, -0.2) is 177 Å². The summed E-state index contributed by atoms with van der Waals surface area (Å²) in [4.78, 5) is 130. The van der Waals surface area contributed by atoms with Crippen LogP contribution in [0, 0.1) is 5.92 Å². The van der Waals surface area contributed by atoms with Crippen molar-refractivity contribution in [1.29, 1.82) is 0 Å². The van der Waals surface area contributed by atoms with E-state index < -0.39 is 126 Å². The van der Waals surface area contributed by atoms with Gasteiger partial charge in [0.2, 0.25) is 47.3 Å². The summed E-state index contributed by atoms with van der Waals surface area (Å²) in [5.41, 5.74) is 34.0. The van der Waals surface area contributed by atoms with Crippen molar-refractivity contribution in [1.82, 2.24) is 42.5 Å². The van der Waals surface area contributed by atoms with E-state index in [0.717, 1.165) is 6.92 Å². The second-order valence-electron chi connectivity index (χ2n) is 19.5. The van der Waals surface area contributed by atoms with Crippen LogP contribution in [0.4, 0.5) is 0 Å². The lowest BCUT2D eigenvalue weighted by molar-refractivity contribution is -0.143. The molecule has 0 heterocycles. The Hall–Kier alpha value is -8.35. The first kappa shape index (κ1) is 68.8. The third-order valence-corrected chi connectivity index (χ3v) is 12.3. The van der Waals surface area contributed by atoms with Gasteiger partial charge in [-0.15, -0.1) is 0 Å². The molecule has 0 aromatic heterocycles. The number of nitrogens with zero attached hydrogens (tertiary/aromatic N) is 2. The zero-order valence-electron chi connectivity index (χ0n) is 45.9. The quantitative estimate of drug-likeness (QED) is 0.0172. The fourth-order valence-electron chi connectivity index (χ4n) is 7.72. The first-order valence-electron chi connectivity index (χ1n) is 26.2. The van der Waals surface area contributed by atoms with Crippen LogP contribution in [0.5, 0.6) is 11.5 Å². The van der Waals surface area contributed by atoms with Gasteiger partial charge >= 0.3 is 5.97 Å². The normalized spacial score (nSPS) is 14.7. The van der Waals surface area contributed by atoms with Gasteiger partial charge in [-0.25, -0.2) is 4.79 Å². The molecule has 0 radical (unpaired) electrons. The molecule has 81 heavy (non-hydrogen) atoms. The van der Waals surface area contributed by atoms with Gasteiger partial charge in [-0.1, -0.05) is 38.1 Å². The first-order valence-corrected chi connectivity index (χ1v) is 26.2. The Morgan fingerprint density at radius 3 is 1.37 bits per heavy atom. The van der Waals surface area contributed by atoms with Crippen LogP contribution < -0.4 is 76.9 Å². The molecule has 2 rings (SSSR count). The van der Waals surface area contributed by atoms with Crippen molar-refractivity contribution in [3.63, 3.8) is 0 Å². The monoisotopic (exact) mass is 1140 g/mol. The van der Waals surface area contributed by atoms with Crippen LogP contribution in [0.25, 0.3) is 0 Å². The highest BCUT2D eigenvalue weighted by Gasteiger charge is 2.36. The number of carbonyl (C=O) groups excluding carboxylic acids is 8. The smallest absolute Gasteiger partial charge is 0.326 e.